The third-order valence-electron chi connectivity index (χ3n) is 6.24. The van der Waals surface area contributed by atoms with Crippen LogP contribution in [0.15, 0.2) is 47.4 Å². The largest absolute Gasteiger partial charge is 0.445 e. The summed E-state index contributed by atoms with van der Waals surface area (Å²) < 4.78 is 39.4. The minimum absolute atomic E-state index is 0.0287. The van der Waals surface area contributed by atoms with Gasteiger partial charge in [-0.25, -0.2) is 9.59 Å². The van der Waals surface area contributed by atoms with Gasteiger partial charge < -0.3 is 35.1 Å². The van der Waals surface area contributed by atoms with Crippen molar-refractivity contribution in [3.63, 3.8) is 0 Å². The highest BCUT2D eigenvalue weighted by Gasteiger charge is 2.59. The summed E-state index contributed by atoms with van der Waals surface area (Å²) in [4.78, 5) is 52.6. The highest BCUT2D eigenvalue weighted by molar-refractivity contribution is 5.95. The van der Waals surface area contributed by atoms with E-state index in [1.807, 2.05) is 6.07 Å². The molecule has 40 heavy (non-hydrogen) atoms. The lowest BCUT2D eigenvalue weighted by atomic mass is 10.1. The van der Waals surface area contributed by atoms with Crippen LogP contribution < -0.4 is 16.3 Å². The number of carbonyl (C=O) groups excluding carboxylic acids is 3. The molecule has 4 N–H and O–H groups in total. The molecule has 3 rings (SSSR count). The fourth-order valence-corrected chi connectivity index (χ4v) is 4.07. The van der Waals surface area contributed by atoms with Crippen LogP contribution in [0.3, 0.4) is 0 Å². The highest BCUT2D eigenvalue weighted by atomic mass is 19.3. The number of aromatic nitrogens is 2. The van der Waals surface area contributed by atoms with Crippen LogP contribution in [0, 0.1) is 0 Å². The van der Waals surface area contributed by atoms with Gasteiger partial charge in [-0.3, -0.25) is 9.36 Å². The van der Waals surface area contributed by atoms with E-state index >= 15 is 0 Å². The van der Waals surface area contributed by atoms with Gasteiger partial charge in [0.2, 0.25) is 12.1 Å². The molecule has 2 amide bonds. The summed E-state index contributed by atoms with van der Waals surface area (Å²) in [7, 11) is 0. The molecule has 0 saturated carbocycles. The zero-order chi connectivity index (χ0) is 29.3. The Balaban J connectivity index is 1.66. The molecular weight excluding hydrogens is 534 g/mol. The van der Waals surface area contributed by atoms with Gasteiger partial charge in [-0.2, -0.15) is 13.8 Å². The van der Waals surface area contributed by atoms with E-state index in [2.05, 4.69) is 15.6 Å². The van der Waals surface area contributed by atoms with E-state index in [-0.39, 0.29) is 24.6 Å². The third-order valence-corrected chi connectivity index (χ3v) is 6.24. The molecule has 1 aliphatic rings. The lowest BCUT2D eigenvalue weighted by Gasteiger charge is -2.21. The number of nitrogens with zero attached hydrogens (tertiary/aromatic N) is 2. The zero-order valence-electron chi connectivity index (χ0n) is 21.8. The molecule has 1 aliphatic heterocycles. The summed E-state index contributed by atoms with van der Waals surface area (Å²) >= 11 is 0. The van der Waals surface area contributed by atoms with Gasteiger partial charge in [0.25, 0.3) is 0 Å². The predicted octanol–water partition coefficient (Wildman–Crippen LogP) is 1.90. The maximum atomic E-state index is 14.4. The van der Waals surface area contributed by atoms with Crippen LogP contribution in [0.25, 0.3) is 0 Å². The monoisotopic (exact) mass is 566 g/mol. The number of aliphatic hydroxyl groups is 2. The molecule has 0 bridgehead atoms. The predicted molar refractivity (Wildman–Crippen MR) is 136 cm³/mol. The van der Waals surface area contributed by atoms with E-state index < -0.39 is 54.7 Å². The van der Waals surface area contributed by atoms with Gasteiger partial charge in [-0.15, -0.1) is 0 Å². The fourth-order valence-electron chi connectivity index (χ4n) is 4.07. The Labute approximate surface area is 228 Å². The number of alkyl carbamates (subject to hydrolysis) is 1. The fraction of sp³-hybridized carbons (Fsp3) is 0.500. The molecule has 218 valence electrons. The van der Waals surface area contributed by atoms with Crippen LogP contribution in [0.4, 0.5) is 19.4 Å². The molecule has 1 saturated heterocycles. The maximum Gasteiger partial charge on any atom is 0.408 e. The van der Waals surface area contributed by atoms with Crippen LogP contribution in [0.2, 0.25) is 0 Å². The Morgan fingerprint density at radius 1 is 1.18 bits per heavy atom. The average molecular weight is 567 g/mol. The third kappa shape index (κ3) is 8.13. The van der Waals surface area contributed by atoms with Crippen molar-refractivity contribution >= 4 is 23.6 Å². The molecule has 12 nitrogen and oxygen atoms in total. The maximum absolute atomic E-state index is 14.4. The van der Waals surface area contributed by atoms with E-state index in [1.54, 1.807) is 24.3 Å². The van der Waals surface area contributed by atoms with Gasteiger partial charge in [-0.05, 0) is 31.4 Å². The van der Waals surface area contributed by atoms with Crippen molar-refractivity contribution in [2.45, 2.75) is 76.0 Å². The molecular formula is C26H32F2N4O8. The Bertz CT molecular complexity index is 1230. The van der Waals surface area contributed by atoms with Gasteiger partial charge in [-0.1, -0.05) is 43.2 Å². The number of benzene rings is 1. The Hall–Kier alpha value is -3.75. The lowest BCUT2D eigenvalue weighted by molar-refractivity contribution is -0.141. The smallest absolute Gasteiger partial charge is 0.408 e. The number of rotatable bonds is 13. The van der Waals surface area contributed by atoms with Crippen molar-refractivity contribution in [1.29, 1.82) is 0 Å². The number of hydrogen-bond acceptors (Lipinski definition) is 9. The van der Waals surface area contributed by atoms with Crippen LogP contribution in [-0.2, 0) is 25.7 Å². The number of amides is 2. The molecule has 2 unspecified atom stereocenters. The second kappa shape index (κ2) is 14.1. The molecule has 0 radical (unpaired) electrons. The number of ketones is 1. The first-order valence-electron chi connectivity index (χ1n) is 12.7. The SMILES string of the molecule is CC(=O)CCCCCC(NC(=O)OCc1ccccc1)C(=O)Nc1ccn([C@@H]2O[C@H](CO)C(O)C2(F)F)c(=O)n1. The zero-order valence-corrected chi connectivity index (χ0v) is 21.8. The van der Waals surface area contributed by atoms with Crippen LogP contribution >= 0.6 is 0 Å². The first-order valence-corrected chi connectivity index (χ1v) is 12.7. The molecule has 1 aromatic heterocycles. The number of nitrogens with one attached hydrogen (secondary N) is 2. The highest BCUT2D eigenvalue weighted by Crippen LogP contribution is 2.41. The first-order chi connectivity index (χ1) is 19.0. The first kappa shape index (κ1) is 30.8. The normalized spacial score (nSPS) is 20.5. The van der Waals surface area contributed by atoms with Gasteiger partial charge in [0, 0.05) is 12.6 Å². The minimum Gasteiger partial charge on any atom is -0.445 e. The molecule has 14 heteroatoms. The molecule has 1 aromatic carbocycles. The number of hydrogen-bond donors (Lipinski definition) is 4. The van der Waals surface area contributed by atoms with E-state index in [0.717, 1.165) is 17.8 Å². The topological polar surface area (TPSA) is 169 Å². The van der Waals surface area contributed by atoms with Crippen LogP contribution in [0.5, 0.6) is 0 Å². The minimum atomic E-state index is -3.89. The average Bonchev–Trinajstić information content (AvgIpc) is 3.15. The standard InChI is InChI=1S/C26H32F2N4O8/c1-16(34)8-4-2-7-11-18(29-25(38)39-15-17-9-5-3-6-10-17)22(36)30-20-12-13-32(24(37)31-20)23-26(27,28)21(35)19(14-33)40-23/h3,5-6,9-10,12-13,18-19,21,23,33,35H,2,4,7-8,11,14-15H2,1H3,(H,29,38)(H,30,31,36,37)/t18?,19-,21?,23-/m1/s1. The van der Waals surface area contributed by atoms with E-state index in [0.29, 0.717) is 30.3 Å². The molecule has 1 fully saturated rings. The summed E-state index contributed by atoms with van der Waals surface area (Å²) in [5.41, 5.74) is -0.466. The Morgan fingerprint density at radius 3 is 2.52 bits per heavy atom. The van der Waals surface area contributed by atoms with Crippen molar-refractivity contribution in [2.24, 2.45) is 0 Å². The lowest BCUT2D eigenvalue weighted by Crippen LogP contribution is -2.44. The van der Waals surface area contributed by atoms with Crippen LogP contribution in [-0.4, -0.2) is 68.3 Å². The number of alkyl halides is 2. The number of carbonyl (C=O) groups is 3. The van der Waals surface area contributed by atoms with Gasteiger partial charge in [0.1, 0.15) is 30.4 Å². The number of Topliss-reactive ketones (excluding diaryl/α,β-unsaturated/α-hetero) is 1. The van der Waals surface area contributed by atoms with Crippen molar-refractivity contribution in [2.75, 3.05) is 11.9 Å². The van der Waals surface area contributed by atoms with Gasteiger partial charge >= 0.3 is 17.7 Å². The number of ether oxygens (including phenoxy) is 2. The summed E-state index contributed by atoms with van der Waals surface area (Å²) in [6.45, 7) is 0.564. The van der Waals surface area contributed by atoms with Crippen molar-refractivity contribution in [1.82, 2.24) is 14.9 Å². The molecule has 0 spiro atoms. The second-order valence-electron chi connectivity index (χ2n) is 9.38. The quantitative estimate of drug-likeness (QED) is 0.265. The van der Waals surface area contributed by atoms with Gasteiger partial charge in [0.05, 0.1) is 6.61 Å². The molecule has 2 aromatic rings. The number of aliphatic hydroxyl groups excluding tert-OH is 2. The summed E-state index contributed by atoms with van der Waals surface area (Å²) in [6, 6.07) is 8.88. The number of unbranched alkanes of at least 4 members (excludes halogenated alkanes) is 2. The molecule has 4 atom stereocenters. The van der Waals surface area contributed by atoms with Crippen molar-refractivity contribution < 1.29 is 42.9 Å². The number of halogens is 2. The molecule has 0 aliphatic carbocycles. The van der Waals surface area contributed by atoms with Crippen molar-refractivity contribution in [3.05, 3.63) is 58.6 Å². The van der Waals surface area contributed by atoms with E-state index in [4.69, 9.17) is 14.6 Å². The number of anilines is 1. The summed E-state index contributed by atoms with van der Waals surface area (Å²) in [6.07, 6.45) is -3.80. The van der Waals surface area contributed by atoms with Crippen LogP contribution in [0.1, 0.15) is 50.8 Å². The Morgan fingerprint density at radius 2 is 1.90 bits per heavy atom. The summed E-state index contributed by atoms with van der Waals surface area (Å²) in [5, 5.41) is 23.7. The summed E-state index contributed by atoms with van der Waals surface area (Å²) in [5.74, 6) is -4.85. The van der Waals surface area contributed by atoms with Crippen molar-refractivity contribution in [3.8, 4) is 0 Å². The van der Waals surface area contributed by atoms with Gasteiger partial charge in [0.15, 0.2) is 6.10 Å². The second-order valence-corrected chi connectivity index (χ2v) is 9.38. The van der Waals surface area contributed by atoms with E-state index in [1.165, 1.54) is 6.92 Å². The molecule has 2 heterocycles. The Kier molecular flexibility index (Phi) is 10.8. The van der Waals surface area contributed by atoms with E-state index in [9.17, 15) is 33.1 Å².